The Balaban J connectivity index is 2.05. The van der Waals surface area contributed by atoms with Gasteiger partial charge in [-0.25, -0.2) is 0 Å². The van der Waals surface area contributed by atoms with E-state index >= 15 is 0 Å². The maximum atomic E-state index is 5.58. The van der Waals surface area contributed by atoms with Crippen LogP contribution in [0.15, 0.2) is 0 Å². The quantitative estimate of drug-likeness (QED) is 0.786. The molecule has 0 aromatic heterocycles. The number of rotatable bonds is 5. The molecule has 0 bridgehead atoms. The summed E-state index contributed by atoms with van der Waals surface area (Å²) in [5.74, 6) is 1.18. The highest BCUT2D eigenvalue weighted by Gasteiger charge is 2.17. The van der Waals surface area contributed by atoms with Crippen molar-refractivity contribution in [3.05, 3.63) is 0 Å². The molecule has 2 nitrogen and oxygen atoms in total. The minimum absolute atomic E-state index is 0.375. The standard InChI is InChI=1S/C12H25NOS/c1-10(9-15-12(2,3)4)13-8-11-6-5-7-14-11/h10-11,13H,5-9H2,1-4H3. The van der Waals surface area contributed by atoms with E-state index in [0.29, 0.717) is 16.9 Å². The highest BCUT2D eigenvalue weighted by atomic mass is 32.2. The number of thioether (sulfide) groups is 1. The maximum Gasteiger partial charge on any atom is 0.0700 e. The molecule has 1 saturated heterocycles. The first kappa shape index (κ1) is 13.3. The summed E-state index contributed by atoms with van der Waals surface area (Å²) >= 11 is 2.02. The van der Waals surface area contributed by atoms with Gasteiger partial charge in [-0.15, -0.1) is 0 Å². The summed E-state index contributed by atoms with van der Waals surface area (Å²) in [7, 11) is 0. The molecule has 0 amide bonds. The summed E-state index contributed by atoms with van der Waals surface area (Å²) in [6.45, 7) is 11.0. The molecule has 0 aliphatic carbocycles. The fraction of sp³-hybridized carbons (Fsp3) is 1.00. The van der Waals surface area contributed by atoms with Gasteiger partial charge in [-0.05, 0) is 19.8 Å². The van der Waals surface area contributed by atoms with Crippen LogP contribution < -0.4 is 5.32 Å². The van der Waals surface area contributed by atoms with Crippen molar-refractivity contribution in [1.29, 1.82) is 0 Å². The van der Waals surface area contributed by atoms with E-state index in [0.717, 1.165) is 13.2 Å². The molecule has 3 heteroatoms. The third-order valence-electron chi connectivity index (χ3n) is 2.48. The van der Waals surface area contributed by atoms with E-state index in [9.17, 15) is 0 Å². The second-order valence-corrected chi connectivity index (χ2v) is 7.21. The Hall–Kier alpha value is 0.270. The summed E-state index contributed by atoms with van der Waals surface area (Å²) in [6.07, 6.45) is 2.93. The smallest absolute Gasteiger partial charge is 0.0700 e. The van der Waals surface area contributed by atoms with Crippen LogP contribution in [0.25, 0.3) is 0 Å². The van der Waals surface area contributed by atoms with Gasteiger partial charge in [-0.2, -0.15) is 11.8 Å². The lowest BCUT2D eigenvalue weighted by molar-refractivity contribution is 0.108. The number of hydrogen-bond donors (Lipinski definition) is 1. The van der Waals surface area contributed by atoms with Crippen molar-refractivity contribution in [2.24, 2.45) is 0 Å². The topological polar surface area (TPSA) is 21.3 Å². The largest absolute Gasteiger partial charge is 0.377 e. The molecule has 90 valence electrons. The molecule has 0 saturated carbocycles. The van der Waals surface area contributed by atoms with Crippen molar-refractivity contribution < 1.29 is 4.74 Å². The second-order valence-electron chi connectivity index (χ2n) is 5.37. The van der Waals surface area contributed by atoms with Crippen LogP contribution in [-0.2, 0) is 4.74 Å². The zero-order valence-electron chi connectivity index (χ0n) is 10.5. The average Bonchev–Trinajstić information content (AvgIpc) is 2.62. The maximum absolute atomic E-state index is 5.58. The third-order valence-corrected chi connectivity index (χ3v) is 4.02. The van der Waals surface area contributed by atoms with E-state index in [4.69, 9.17) is 4.74 Å². The Morgan fingerprint density at radius 2 is 2.20 bits per heavy atom. The molecule has 1 aliphatic heterocycles. The minimum atomic E-state index is 0.375. The first-order chi connectivity index (χ1) is 6.97. The van der Waals surface area contributed by atoms with Crippen molar-refractivity contribution in [3.63, 3.8) is 0 Å². The summed E-state index contributed by atoms with van der Waals surface area (Å²) < 4.78 is 5.95. The van der Waals surface area contributed by atoms with E-state index in [1.165, 1.54) is 18.6 Å². The van der Waals surface area contributed by atoms with Crippen LogP contribution in [0.3, 0.4) is 0 Å². The van der Waals surface area contributed by atoms with E-state index in [1.807, 2.05) is 11.8 Å². The van der Waals surface area contributed by atoms with Gasteiger partial charge in [-0.3, -0.25) is 0 Å². The van der Waals surface area contributed by atoms with Crippen LogP contribution >= 0.6 is 11.8 Å². The highest BCUT2D eigenvalue weighted by Crippen LogP contribution is 2.23. The first-order valence-electron chi connectivity index (χ1n) is 5.96. The molecule has 0 aromatic rings. The van der Waals surface area contributed by atoms with Crippen molar-refractivity contribution in [2.45, 2.75) is 57.4 Å². The average molecular weight is 231 g/mol. The molecule has 0 spiro atoms. The van der Waals surface area contributed by atoms with Gasteiger partial charge >= 0.3 is 0 Å². The predicted octanol–water partition coefficient (Wildman–Crippen LogP) is 2.68. The summed E-state index contributed by atoms with van der Waals surface area (Å²) in [4.78, 5) is 0. The van der Waals surface area contributed by atoms with Gasteiger partial charge in [0, 0.05) is 29.7 Å². The molecule has 1 N–H and O–H groups in total. The zero-order valence-corrected chi connectivity index (χ0v) is 11.3. The fourth-order valence-corrected chi connectivity index (χ4v) is 2.44. The predicted molar refractivity (Wildman–Crippen MR) is 68.6 cm³/mol. The Bertz CT molecular complexity index is 173. The summed E-state index contributed by atoms with van der Waals surface area (Å²) in [6, 6.07) is 0.582. The molecular weight excluding hydrogens is 206 g/mol. The molecule has 2 unspecified atom stereocenters. The van der Waals surface area contributed by atoms with Crippen LogP contribution in [0.1, 0.15) is 40.5 Å². The van der Waals surface area contributed by atoms with Gasteiger partial charge < -0.3 is 10.1 Å². The lowest BCUT2D eigenvalue weighted by Crippen LogP contribution is -2.35. The third kappa shape index (κ3) is 6.44. The van der Waals surface area contributed by atoms with Crippen molar-refractivity contribution >= 4 is 11.8 Å². The van der Waals surface area contributed by atoms with Crippen LogP contribution in [0.2, 0.25) is 0 Å². The summed E-state index contributed by atoms with van der Waals surface area (Å²) in [5.41, 5.74) is 0. The molecule has 1 aliphatic rings. The van der Waals surface area contributed by atoms with Crippen molar-refractivity contribution in [3.8, 4) is 0 Å². The van der Waals surface area contributed by atoms with Gasteiger partial charge in [-0.1, -0.05) is 20.8 Å². The van der Waals surface area contributed by atoms with E-state index in [1.54, 1.807) is 0 Å². The van der Waals surface area contributed by atoms with Crippen LogP contribution in [0, 0.1) is 0 Å². The van der Waals surface area contributed by atoms with E-state index < -0.39 is 0 Å². The molecular formula is C12H25NOS. The lowest BCUT2D eigenvalue weighted by atomic mass is 10.2. The van der Waals surface area contributed by atoms with Crippen molar-refractivity contribution in [2.75, 3.05) is 18.9 Å². The van der Waals surface area contributed by atoms with Crippen LogP contribution in [0.5, 0.6) is 0 Å². The first-order valence-corrected chi connectivity index (χ1v) is 6.95. The Morgan fingerprint density at radius 3 is 2.73 bits per heavy atom. The van der Waals surface area contributed by atoms with Gasteiger partial charge in [0.15, 0.2) is 0 Å². The number of hydrogen-bond acceptors (Lipinski definition) is 3. The van der Waals surface area contributed by atoms with Crippen LogP contribution in [0.4, 0.5) is 0 Å². The monoisotopic (exact) mass is 231 g/mol. The Labute approximate surface area is 98.5 Å². The normalized spacial score (nSPS) is 24.4. The van der Waals surface area contributed by atoms with E-state index in [-0.39, 0.29) is 0 Å². The van der Waals surface area contributed by atoms with E-state index in [2.05, 4.69) is 33.0 Å². The molecule has 1 heterocycles. The number of ether oxygens (including phenoxy) is 1. The van der Waals surface area contributed by atoms with Gasteiger partial charge in [0.2, 0.25) is 0 Å². The minimum Gasteiger partial charge on any atom is -0.377 e. The molecule has 1 rings (SSSR count). The molecule has 1 fully saturated rings. The van der Waals surface area contributed by atoms with Crippen LogP contribution in [-0.4, -0.2) is 35.8 Å². The fourth-order valence-electron chi connectivity index (χ4n) is 1.57. The van der Waals surface area contributed by atoms with Gasteiger partial charge in [0.05, 0.1) is 6.10 Å². The number of nitrogens with one attached hydrogen (secondary N) is 1. The molecule has 2 atom stereocenters. The lowest BCUT2D eigenvalue weighted by Gasteiger charge is -2.22. The van der Waals surface area contributed by atoms with Crippen molar-refractivity contribution in [1.82, 2.24) is 5.32 Å². The second kappa shape index (κ2) is 6.12. The molecule has 0 radical (unpaired) electrons. The zero-order chi connectivity index (χ0) is 11.3. The Kier molecular flexibility index (Phi) is 5.44. The molecule has 15 heavy (non-hydrogen) atoms. The van der Waals surface area contributed by atoms with Gasteiger partial charge in [0.1, 0.15) is 0 Å². The SMILES string of the molecule is CC(CSC(C)(C)C)NCC1CCCO1. The Morgan fingerprint density at radius 1 is 1.47 bits per heavy atom. The summed E-state index contributed by atoms with van der Waals surface area (Å²) in [5, 5.41) is 3.55. The highest BCUT2D eigenvalue weighted by molar-refractivity contribution is 8.00. The van der Waals surface area contributed by atoms with Gasteiger partial charge in [0.25, 0.3) is 0 Å². The molecule has 0 aromatic carbocycles.